The van der Waals surface area contributed by atoms with E-state index >= 15 is 0 Å². The molecule has 174 valence electrons. The normalized spacial score (nSPS) is 15.6. The van der Waals surface area contributed by atoms with E-state index in [0.29, 0.717) is 41.7 Å². The molecule has 4 rings (SSSR count). The van der Waals surface area contributed by atoms with Crippen molar-refractivity contribution in [3.05, 3.63) is 66.4 Å². The third-order valence-electron chi connectivity index (χ3n) is 6.16. The molecule has 7 nitrogen and oxygen atoms in total. The molecule has 2 heterocycles. The Labute approximate surface area is 200 Å². The predicted molar refractivity (Wildman–Crippen MR) is 135 cm³/mol. The Kier molecular flexibility index (Phi) is 7.09. The molecule has 0 aliphatic carbocycles. The van der Waals surface area contributed by atoms with Crippen LogP contribution < -0.4 is 15.4 Å². The number of fused-ring (bicyclic) bond motifs is 1. The molecule has 2 N–H and O–H groups in total. The van der Waals surface area contributed by atoms with Crippen LogP contribution in [0.3, 0.4) is 0 Å². The number of anilines is 1. The number of pyridine rings is 1. The molecule has 0 spiro atoms. The molecule has 1 atom stereocenters. The van der Waals surface area contributed by atoms with Crippen LogP contribution >= 0.6 is 0 Å². The summed E-state index contributed by atoms with van der Waals surface area (Å²) >= 11 is 0. The van der Waals surface area contributed by atoms with Crippen LogP contribution in [0.25, 0.3) is 22.0 Å². The van der Waals surface area contributed by atoms with Crippen molar-refractivity contribution in [1.82, 2.24) is 15.2 Å². The molecule has 34 heavy (non-hydrogen) atoms. The smallest absolute Gasteiger partial charge is 0.269 e. The van der Waals surface area contributed by atoms with Crippen molar-refractivity contribution in [2.45, 2.75) is 6.42 Å². The molecule has 7 heteroatoms. The Hall–Kier alpha value is -3.89. The third kappa shape index (κ3) is 5.19. The highest BCUT2D eigenvalue weighted by atomic mass is 16.5. The van der Waals surface area contributed by atoms with Gasteiger partial charge >= 0.3 is 0 Å². The van der Waals surface area contributed by atoms with Crippen molar-refractivity contribution in [1.29, 1.82) is 5.26 Å². The average molecular weight is 456 g/mol. The van der Waals surface area contributed by atoms with Gasteiger partial charge in [0.15, 0.2) is 0 Å². The molecule has 1 aromatic heterocycles. The first-order valence-electron chi connectivity index (χ1n) is 11.3. The summed E-state index contributed by atoms with van der Waals surface area (Å²) in [5.74, 6) is 1.00. The average Bonchev–Trinajstić information content (AvgIpc) is 3.30. The van der Waals surface area contributed by atoms with Gasteiger partial charge < -0.3 is 20.3 Å². The number of likely N-dealkylation sites (tertiary alicyclic amines) is 1. The van der Waals surface area contributed by atoms with Crippen LogP contribution in [0.4, 0.5) is 5.69 Å². The van der Waals surface area contributed by atoms with Gasteiger partial charge in [0.25, 0.3) is 5.91 Å². The first-order chi connectivity index (χ1) is 16.5. The van der Waals surface area contributed by atoms with Crippen molar-refractivity contribution in [3.63, 3.8) is 0 Å². The van der Waals surface area contributed by atoms with Crippen molar-refractivity contribution in [3.8, 4) is 23.1 Å². The molecule has 0 bridgehead atoms. The number of aromatic nitrogens is 1. The van der Waals surface area contributed by atoms with E-state index in [9.17, 15) is 4.79 Å². The zero-order valence-electron chi connectivity index (χ0n) is 19.6. The van der Waals surface area contributed by atoms with E-state index in [2.05, 4.69) is 40.2 Å². The third-order valence-corrected chi connectivity index (χ3v) is 6.16. The lowest BCUT2D eigenvalue weighted by Crippen LogP contribution is -2.31. The van der Waals surface area contributed by atoms with Crippen LogP contribution in [0.2, 0.25) is 0 Å². The maximum absolute atomic E-state index is 12.7. The SMILES string of the molecule is C=C(C#N)CNc1c(OC)ccc2ccc(-c3cccc(C(=O)NCC4CCN(C)C4)n3)cc12. The van der Waals surface area contributed by atoms with Crippen molar-refractivity contribution in [2.75, 3.05) is 45.7 Å². The van der Waals surface area contributed by atoms with E-state index in [4.69, 9.17) is 10.00 Å². The van der Waals surface area contributed by atoms with E-state index in [1.54, 1.807) is 13.2 Å². The van der Waals surface area contributed by atoms with E-state index in [0.717, 1.165) is 41.5 Å². The number of ether oxygens (including phenoxy) is 1. The number of rotatable bonds is 8. The van der Waals surface area contributed by atoms with Gasteiger partial charge in [-0.3, -0.25) is 4.79 Å². The monoisotopic (exact) mass is 455 g/mol. The van der Waals surface area contributed by atoms with Crippen molar-refractivity contribution >= 4 is 22.4 Å². The van der Waals surface area contributed by atoms with Crippen LogP contribution in [0.15, 0.2) is 60.7 Å². The minimum atomic E-state index is -0.156. The minimum absolute atomic E-state index is 0.156. The molecule has 1 aliphatic rings. The Morgan fingerprint density at radius 3 is 2.85 bits per heavy atom. The number of nitriles is 1. The van der Waals surface area contributed by atoms with Gasteiger partial charge in [0.05, 0.1) is 24.6 Å². The summed E-state index contributed by atoms with van der Waals surface area (Å²) in [7, 11) is 3.72. The Morgan fingerprint density at radius 1 is 1.29 bits per heavy atom. The van der Waals surface area contributed by atoms with Gasteiger partial charge in [-0.05, 0) is 55.6 Å². The number of amides is 1. The number of methoxy groups -OCH3 is 1. The highest BCUT2D eigenvalue weighted by Crippen LogP contribution is 2.35. The highest BCUT2D eigenvalue weighted by Gasteiger charge is 2.20. The standard InChI is InChI=1S/C27H29N5O2/c1-18(14-28)15-29-26-22-13-21(8-7-20(22)9-10-25(26)34-3)23-5-4-6-24(31-23)27(33)30-16-19-11-12-32(2)17-19/h4-10,13,19,29H,1,11-12,15-17H2,2-3H3,(H,30,33). The second-order valence-electron chi connectivity index (χ2n) is 8.68. The van der Waals surface area contributed by atoms with Crippen LogP contribution in [-0.2, 0) is 0 Å². The minimum Gasteiger partial charge on any atom is -0.495 e. The van der Waals surface area contributed by atoms with Gasteiger partial charge in [0.2, 0.25) is 0 Å². The first-order valence-corrected chi connectivity index (χ1v) is 11.3. The zero-order valence-corrected chi connectivity index (χ0v) is 19.6. The van der Waals surface area contributed by atoms with Crippen LogP contribution in [-0.4, -0.2) is 56.1 Å². The van der Waals surface area contributed by atoms with Gasteiger partial charge in [0, 0.05) is 36.2 Å². The fourth-order valence-corrected chi connectivity index (χ4v) is 4.29. The second-order valence-corrected chi connectivity index (χ2v) is 8.68. The second kappa shape index (κ2) is 10.4. The maximum atomic E-state index is 12.7. The largest absolute Gasteiger partial charge is 0.495 e. The molecule has 1 saturated heterocycles. The number of benzene rings is 2. The zero-order chi connectivity index (χ0) is 24.1. The summed E-state index contributed by atoms with van der Waals surface area (Å²) in [5, 5.41) is 17.3. The first kappa shape index (κ1) is 23.3. The Bertz CT molecular complexity index is 1260. The fraction of sp³-hybridized carbons (Fsp3) is 0.296. The summed E-state index contributed by atoms with van der Waals surface area (Å²) < 4.78 is 5.54. The summed E-state index contributed by atoms with van der Waals surface area (Å²) in [6.07, 6.45) is 1.10. The highest BCUT2D eigenvalue weighted by molar-refractivity contribution is 5.99. The maximum Gasteiger partial charge on any atom is 0.269 e. The molecule has 1 aliphatic heterocycles. The number of carbonyl (C=O) groups is 1. The van der Waals surface area contributed by atoms with Gasteiger partial charge in [-0.2, -0.15) is 5.26 Å². The van der Waals surface area contributed by atoms with Crippen LogP contribution in [0.5, 0.6) is 5.75 Å². The molecule has 1 fully saturated rings. The lowest BCUT2D eigenvalue weighted by Gasteiger charge is -2.15. The van der Waals surface area contributed by atoms with Crippen molar-refractivity contribution < 1.29 is 9.53 Å². The van der Waals surface area contributed by atoms with E-state index in [1.165, 1.54) is 0 Å². The Morgan fingerprint density at radius 2 is 2.12 bits per heavy atom. The number of nitrogens with zero attached hydrogens (tertiary/aromatic N) is 3. The fourth-order valence-electron chi connectivity index (χ4n) is 4.29. The summed E-state index contributed by atoms with van der Waals surface area (Å²) in [4.78, 5) is 19.7. The molecule has 1 amide bonds. The topological polar surface area (TPSA) is 90.3 Å². The lowest BCUT2D eigenvalue weighted by molar-refractivity contribution is 0.0942. The summed E-state index contributed by atoms with van der Waals surface area (Å²) in [5.41, 5.74) is 3.21. The molecular formula is C27H29N5O2. The molecule has 0 radical (unpaired) electrons. The summed E-state index contributed by atoms with van der Waals surface area (Å²) in [6, 6.07) is 17.5. The molecular weight excluding hydrogens is 426 g/mol. The number of nitrogens with one attached hydrogen (secondary N) is 2. The molecule has 3 aromatic rings. The number of hydrogen-bond acceptors (Lipinski definition) is 6. The predicted octanol–water partition coefficient (Wildman–Crippen LogP) is 4.08. The quantitative estimate of drug-likeness (QED) is 0.498. The van der Waals surface area contributed by atoms with Gasteiger partial charge in [-0.25, -0.2) is 4.98 Å². The van der Waals surface area contributed by atoms with Crippen LogP contribution in [0.1, 0.15) is 16.9 Å². The molecule has 1 unspecified atom stereocenters. The number of carbonyl (C=O) groups excluding carboxylic acids is 1. The van der Waals surface area contributed by atoms with Gasteiger partial charge in [-0.1, -0.05) is 30.8 Å². The van der Waals surface area contributed by atoms with Gasteiger partial charge in [-0.15, -0.1) is 0 Å². The van der Waals surface area contributed by atoms with Gasteiger partial charge in [0.1, 0.15) is 11.4 Å². The lowest BCUT2D eigenvalue weighted by atomic mass is 10.0. The number of hydrogen-bond donors (Lipinski definition) is 2. The molecule has 2 aromatic carbocycles. The molecule has 0 saturated carbocycles. The van der Waals surface area contributed by atoms with E-state index < -0.39 is 0 Å². The van der Waals surface area contributed by atoms with E-state index in [-0.39, 0.29) is 5.91 Å². The van der Waals surface area contributed by atoms with Crippen molar-refractivity contribution in [2.24, 2.45) is 5.92 Å². The summed E-state index contributed by atoms with van der Waals surface area (Å²) in [6.45, 7) is 6.80. The van der Waals surface area contributed by atoms with E-state index in [1.807, 2.05) is 42.5 Å². The Balaban J connectivity index is 1.60. The van der Waals surface area contributed by atoms with Crippen LogP contribution in [0, 0.1) is 17.2 Å².